The highest BCUT2D eigenvalue weighted by Gasteiger charge is 2.17. The number of azide groups is 1. The first kappa shape index (κ1) is 20.7. The molecule has 4 aromatic rings. The van der Waals surface area contributed by atoms with Gasteiger partial charge in [-0.15, -0.1) is 0 Å². The number of benzene rings is 2. The summed E-state index contributed by atoms with van der Waals surface area (Å²) in [6.07, 6.45) is 4.51. The predicted molar refractivity (Wildman–Crippen MR) is 120 cm³/mol. The Morgan fingerprint density at radius 3 is 2.74 bits per heavy atom. The summed E-state index contributed by atoms with van der Waals surface area (Å²) in [4.78, 5) is 11.8. The minimum atomic E-state index is 0.0903. The molecule has 31 heavy (non-hydrogen) atoms. The molecule has 0 N–H and O–H groups in total. The Morgan fingerprint density at radius 1 is 1.10 bits per heavy atom. The highest BCUT2D eigenvalue weighted by molar-refractivity contribution is 6.02. The molecule has 0 aliphatic rings. The summed E-state index contributed by atoms with van der Waals surface area (Å²) in [7, 11) is 0. The van der Waals surface area contributed by atoms with Crippen LogP contribution in [0.4, 0.5) is 0 Å². The number of hydrogen-bond acceptors (Lipinski definition) is 5. The molecule has 1 unspecified atom stereocenters. The number of pyridine rings is 1. The fraction of sp³-hybridized carbons (Fsp3) is 0.304. The molecule has 0 fully saturated rings. The van der Waals surface area contributed by atoms with Crippen molar-refractivity contribution in [3.63, 3.8) is 0 Å². The van der Waals surface area contributed by atoms with Crippen molar-refractivity contribution in [2.75, 3.05) is 26.4 Å². The number of nitrogens with zero attached hydrogens (tertiary/aromatic N) is 6. The van der Waals surface area contributed by atoms with E-state index in [0.717, 1.165) is 34.1 Å². The third-order valence-electron chi connectivity index (χ3n) is 5.13. The van der Waals surface area contributed by atoms with Gasteiger partial charge in [-0.25, -0.2) is 4.98 Å². The average Bonchev–Trinajstić information content (AvgIpc) is 3.25. The third kappa shape index (κ3) is 4.77. The van der Waals surface area contributed by atoms with Gasteiger partial charge in [0.2, 0.25) is 0 Å². The van der Waals surface area contributed by atoms with Gasteiger partial charge in [0.25, 0.3) is 0 Å². The largest absolute Gasteiger partial charge is 0.493 e. The molecular weight excluding hydrogens is 392 g/mol. The van der Waals surface area contributed by atoms with E-state index in [1.807, 2.05) is 49.8 Å². The molecule has 0 aliphatic heterocycles. The standard InChI is InChI=1S/C23H24N6O2/c1-2-30-15-18(13-17-7-9-19(10-8-17)31-12-11-27-28-24)29-16-26-22-14-25-21-6-4-3-5-20(21)23(22)29/h3-10,14,16,18H,2,11-13,15H2,1H3. The lowest BCUT2D eigenvalue weighted by Crippen LogP contribution is -2.18. The summed E-state index contributed by atoms with van der Waals surface area (Å²) in [5, 5.41) is 4.56. The minimum absolute atomic E-state index is 0.0903. The molecule has 0 bridgehead atoms. The molecule has 8 heteroatoms. The van der Waals surface area contributed by atoms with Gasteiger partial charge in [0, 0.05) is 16.9 Å². The first-order valence-electron chi connectivity index (χ1n) is 10.3. The van der Waals surface area contributed by atoms with E-state index in [1.54, 1.807) is 0 Å². The zero-order valence-corrected chi connectivity index (χ0v) is 17.4. The normalized spacial score (nSPS) is 12.0. The summed E-state index contributed by atoms with van der Waals surface area (Å²) in [6.45, 7) is 3.92. The zero-order chi connectivity index (χ0) is 21.5. The minimum Gasteiger partial charge on any atom is -0.493 e. The van der Waals surface area contributed by atoms with E-state index in [0.29, 0.717) is 26.4 Å². The molecular formula is C23H24N6O2. The topological polar surface area (TPSA) is 97.9 Å². The van der Waals surface area contributed by atoms with Gasteiger partial charge in [-0.05, 0) is 42.6 Å². The Labute approximate surface area is 180 Å². The summed E-state index contributed by atoms with van der Waals surface area (Å²) in [5.41, 5.74) is 12.4. The Balaban J connectivity index is 1.60. The number of hydrogen-bond donors (Lipinski definition) is 0. The van der Waals surface area contributed by atoms with Crippen molar-refractivity contribution < 1.29 is 9.47 Å². The van der Waals surface area contributed by atoms with E-state index in [9.17, 15) is 0 Å². The van der Waals surface area contributed by atoms with Gasteiger partial charge >= 0.3 is 0 Å². The van der Waals surface area contributed by atoms with Crippen LogP contribution in [0, 0.1) is 0 Å². The van der Waals surface area contributed by atoms with E-state index in [2.05, 4.69) is 42.8 Å². The smallest absolute Gasteiger partial charge is 0.119 e. The maximum atomic E-state index is 8.33. The molecule has 4 rings (SSSR count). The second kappa shape index (κ2) is 9.93. The van der Waals surface area contributed by atoms with Crippen LogP contribution in [0.1, 0.15) is 18.5 Å². The Bertz CT molecular complexity index is 1200. The van der Waals surface area contributed by atoms with Crippen LogP contribution in [0.25, 0.3) is 32.4 Å². The lowest BCUT2D eigenvalue weighted by molar-refractivity contribution is 0.114. The van der Waals surface area contributed by atoms with E-state index < -0.39 is 0 Å². The summed E-state index contributed by atoms with van der Waals surface area (Å²) in [5.74, 6) is 0.753. The lowest BCUT2D eigenvalue weighted by atomic mass is 10.1. The number of fused-ring (bicyclic) bond motifs is 3. The average molecular weight is 416 g/mol. The summed E-state index contributed by atoms with van der Waals surface area (Å²) >= 11 is 0. The molecule has 158 valence electrons. The van der Waals surface area contributed by atoms with Crippen molar-refractivity contribution in [1.29, 1.82) is 0 Å². The number of imidazole rings is 1. The molecule has 2 aromatic carbocycles. The number of para-hydroxylation sites is 1. The van der Waals surface area contributed by atoms with Crippen molar-refractivity contribution >= 4 is 21.9 Å². The van der Waals surface area contributed by atoms with Crippen molar-refractivity contribution in [3.05, 3.63) is 77.1 Å². The van der Waals surface area contributed by atoms with E-state index in [4.69, 9.17) is 15.0 Å². The Kier molecular flexibility index (Phi) is 6.62. The molecule has 0 aliphatic carbocycles. The van der Waals surface area contributed by atoms with Gasteiger partial charge in [-0.2, -0.15) is 0 Å². The van der Waals surface area contributed by atoms with Crippen LogP contribution >= 0.6 is 0 Å². The van der Waals surface area contributed by atoms with Gasteiger partial charge in [0.05, 0.1) is 49.4 Å². The maximum Gasteiger partial charge on any atom is 0.119 e. The van der Waals surface area contributed by atoms with Crippen molar-refractivity contribution in [1.82, 2.24) is 14.5 Å². The van der Waals surface area contributed by atoms with Crippen molar-refractivity contribution in [2.45, 2.75) is 19.4 Å². The van der Waals surface area contributed by atoms with Gasteiger partial charge in [0.15, 0.2) is 0 Å². The van der Waals surface area contributed by atoms with Gasteiger partial charge in [0.1, 0.15) is 11.3 Å². The van der Waals surface area contributed by atoms with E-state index in [-0.39, 0.29) is 6.04 Å². The molecule has 2 aromatic heterocycles. The summed E-state index contributed by atoms with van der Waals surface area (Å²) in [6, 6.07) is 16.2. The number of ether oxygens (including phenoxy) is 2. The monoisotopic (exact) mass is 416 g/mol. The molecule has 0 saturated heterocycles. The molecule has 2 heterocycles. The second-order valence-electron chi connectivity index (χ2n) is 7.13. The van der Waals surface area contributed by atoms with Crippen molar-refractivity contribution in [2.24, 2.45) is 5.11 Å². The second-order valence-corrected chi connectivity index (χ2v) is 7.13. The van der Waals surface area contributed by atoms with Crippen LogP contribution in [0.2, 0.25) is 0 Å². The summed E-state index contributed by atoms with van der Waals surface area (Å²) < 4.78 is 13.6. The quantitative estimate of drug-likeness (QED) is 0.155. The SMILES string of the molecule is CCOCC(Cc1ccc(OCCN=[N+]=[N-])cc1)n1cnc2cnc3ccccc3c21. The van der Waals surface area contributed by atoms with Gasteiger partial charge < -0.3 is 14.0 Å². The third-order valence-corrected chi connectivity index (χ3v) is 5.13. The van der Waals surface area contributed by atoms with Gasteiger partial charge in [-0.3, -0.25) is 4.98 Å². The zero-order valence-electron chi connectivity index (χ0n) is 17.4. The van der Waals surface area contributed by atoms with Crippen LogP contribution < -0.4 is 4.74 Å². The maximum absolute atomic E-state index is 8.33. The molecule has 0 saturated carbocycles. The molecule has 8 nitrogen and oxygen atoms in total. The fourth-order valence-corrected chi connectivity index (χ4v) is 3.68. The first-order valence-corrected chi connectivity index (χ1v) is 10.3. The van der Waals surface area contributed by atoms with Gasteiger partial charge in [-0.1, -0.05) is 35.4 Å². The fourth-order valence-electron chi connectivity index (χ4n) is 3.68. The van der Waals surface area contributed by atoms with E-state index >= 15 is 0 Å². The number of rotatable bonds is 10. The van der Waals surface area contributed by atoms with Crippen LogP contribution in [0.3, 0.4) is 0 Å². The van der Waals surface area contributed by atoms with Crippen molar-refractivity contribution in [3.8, 4) is 5.75 Å². The first-order chi connectivity index (χ1) is 15.3. The number of aromatic nitrogens is 3. The van der Waals surface area contributed by atoms with Crippen LogP contribution in [0.5, 0.6) is 5.75 Å². The van der Waals surface area contributed by atoms with Crippen LogP contribution in [-0.2, 0) is 11.2 Å². The lowest BCUT2D eigenvalue weighted by Gasteiger charge is -2.20. The highest BCUT2D eigenvalue weighted by Crippen LogP contribution is 2.27. The van der Waals surface area contributed by atoms with Crippen LogP contribution in [0.15, 0.2) is 66.2 Å². The molecule has 0 radical (unpaired) electrons. The molecule has 1 atom stereocenters. The Morgan fingerprint density at radius 2 is 1.94 bits per heavy atom. The highest BCUT2D eigenvalue weighted by atomic mass is 16.5. The van der Waals surface area contributed by atoms with E-state index in [1.165, 1.54) is 5.56 Å². The Hall–Kier alpha value is -3.61. The predicted octanol–water partition coefficient (Wildman–Crippen LogP) is 5.09. The molecule has 0 amide bonds. The molecule has 0 spiro atoms. The van der Waals surface area contributed by atoms with Crippen LogP contribution in [-0.4, -0.2) is 40.9 Å².